The fraction of sp³-hybridized carbons (Fsp3) is 0.500. The van der Waals surface area contributed by atoms with E-state index in [2.05, 4.69) is 15.9 Å². The van der Waals surface area contributed by atoms with Gasteiger partial charge in [-0.3, -0.25) is 9.69 Å². The number of hydrogen-bond donors (Lipinski definition) is 1. The molecule has 23 heavy (non-hydrogen) atoms. The number of alkyl halides is 1. The van der Waals surface area contributed by atoms with Crippen LogP contribution in [0.3, 0.4) is 0 Å². The summed E-state index contributed by atoms with van der Waals surface area (Å²) >= 11 is 3.52. The van der Waals surface area contributed by atoms with E-state index >= 15 is 0 Å². The molecule has 1 N–H and O–H groups in total. The van der Waals surface area contributed by atoms with Gasteiger partial charge in [0.1, 0.15) is 12.7 Å². The van der Waals surface area contributed by atoms with E-state index in [0.29, 0.717) is 0 Å². The predicted molar refractivity (Wildman–Crippen MR) is 84.9 cm³/mol. The van der Waals surface area contributed by atoms with Gasteiger partial charge in [0.05, 0.1) is 18.7 Å². The Bertz CT molecular complexity index is 595. The predicted octanol–water partition coefficient (Wildman–Crippen LogP) is 1.69. The minimum Gasteiger partial charge on any atom is -0.460 e. The second-order valence-electron chi connectivity index (χ2n) is 5.78. The Labute approximate surface area is 142 Å². The first-order valence-electron chi connectivity index (χ1n) is 7.45. The van der Waals surface area contributed by atoms with Gasteiger partial charge in [-0.05, 0) is 5.56 Å². The lowest BCUT2D eigenvalue weighted by Gasteiger charge is -2.39. The van der Waals surface area contributed by atoms with Crippen molar-refractivity contribution in [1.29, 1.82) is 0 Å². The van der Waals surface area contributed by atoms with E-state index in [-0.39, 0.29) is 36.0 Å². The summed E-state index contributed by atoms with van der Waals surface area (Å²) in [4.78, 5) is 25.1. The second kappa shape index (κ2) is 6.49. The van der Waals surface area contributed by atoms with Gasteiger partial charge >= 0.3 is 12.1 Å². The van der Waals surface area contributed by atoms with Crippen molar-refractivity contribution in [2.45, 2.75) is 36.5 Å². The van der Waals surface area contributed by atoms with Crippen LogP contribution in [-0.4, -0.2) is 51.7 Å². The van der Waals surface area contributed by atoms with Gasteiger partial charge in [0.25, 0.3) is 0 Å². The van der Waals surface area contributed by atoms with Crippen LogP contribution in [0.25, 0.3) is 0 Å². The van der Waals surface area contributed by atoms with Gasteiger partial charge in [0, 0.05) is 17.7 Å². The number of carbonyl (C=O) groups excluding carboxylic acids is 2. The van der Waals surface area contributed by atoms with Crippen molar-refractivity contribution in [2.75, 3.05) is 6.61 Å². The molecule has 1 saturated carbocycles. The number of rotatable bonds is 4. The quantitative estimate of drug-likeness (QED) is 0.632. The van der Waals surface area contributed by atoms with E-state index in [9.17, 15) is 14.7 Å². The molecule has 5 atom stereocenters. The lowest BCUT2D eigenvalue weighted by molar-refractivity contribution is -0.154. The maximum atomic E-state index is 12.4. The van der Waals surface area contributed by atoms with Crippen molar-refractivity contribution < 1.29 is 24.2 Å². The zero-order valence-electron chi connectivity index (χ0n) is 12.6. The van der Waals surface area contributed by atoms with Crippen molar-refractivity contribution in [3.63, 3.8) is 0 Å². The summed E-state index contributed by atoms with van der Waals surface area (Å²) in [6.07, 6.45) is -0.891. The molecule has 1 aromatic rings. The second-order valence-corrected chi connectivity index (χ2v) is 6.84. The fourth-order valence-corrected chi connectivity index (χ4v) is 4.63. The first-order valence-corrected chi connectivity index (χ1v) is 8.37. The molecule has 7 heteroatoms. The molecule has 1 amide bonds. The molecule has 124 valence electrons. The van der Waals surface area contributed by atoms with Crippen molar-refractivity contribution >= 4 is 28.0 Å². The van der Waals surface area contributed by atoms with E-state index in [1.165, 1.54) is 11.8 Å². The molecule has 1 aliphatic carbocycles. The number of ether oxygens (including phenoxy) is 2. The number of nitrogens with zero attached hydrogens (tertiary/aromatic N) is 1. The van der Waals surface area contributed by atoms with Crippen molar-refractivity contribution in [3.05, 3.63) is 35.9 Å². The van der Waals surface area contributed by atoms with Crippen LogP contribution in [0.4, 0.5) is 4.79 Å². The standard InChI is InChI=1S/C16H18BrNO5/c1-9(20)23-15-12-11(7-19)18(14(15)13(12)17)16(21)22-8-10-5-3-2-4-6-10/h2-6,11-15,19H,7-8H2,1H3/t11-,12-,13-,14+,15+/m0/s1. The van der Waals surface area contributed by atoms with Gasteiger partial charge in [0.15, 0.2) is 0 Å². The SMILES string of the molecule is CC(=O)O[C@@H]1[C@@H]2[C@H](Br)[C@H]1N(C(=O)OCc1ccccc1)[C@H]2CO. The van der Waals surface area contributed by atoms with E-state index in [1.54, 1.807) is 0 Å². The summed E-state index contributed by atoms with van der Waals surface area (Å²) in [5, 5.41) is 9.63. The number of carbonyl (C=O) groups is 2. The molecule has 0 unspecified atom stereocenters. The normalized spacial score (nSPS) is 31.4. The lowest BCUT2D eigenvalue weighted by atomic mass is 9.79. The van der Waals surface area contributed by atoms with Crippen LogP contribution in [0.15, 0.2) is 30.3 Å². The molecule has 2 saturated heterocycles. The molecule has 1 aromatic carbocycles. The first kappa shape index (κ1) is 16.3. The molecule has 0 aromatic heterocycles. The highest BCUT2D eigenvalue weighted by atomic mass is 79.9. The summed E-state index contributed by atoms with van der Waals surface area (Å²) < 4.78 is 10.6. The third-order valence-corrected chi connectivity index (χ3v) is 5.59. The Morgan fingerprint density at radius 1 is 1.30 bits per heavy atom. The summed E-state index contributed by atoms with van der Waals surface area (Å²) in [5.41, 5.74) is 0.889. The number of aliphatic hydroxyl groups excluding tert-OH is 1. The molecule has 0 radical (unpaired) electrons. The van der Waals surface area contributed by atoms with E-state index in [0.717, 1.165) is 5.56 Å². The number of hydrogen-bond acceptors (Lipinski definition) is 5. The number of benzene rings is 1. The minimum atomic E-state index is -0.500. The average Bonchev–Trinajstić information content (AvgIpc) is 3.04. The summed E-state index contributed by atoms with van der Waals surface area (Å²) in [7, 11) is 0. The van der Waals surface area contributed by atoms with Crippen LogP contribution in [-0.2, 0) is 20.9 Å². The first-order chi connectivity index (χ1) is 11.0. The number of fused-ring (bicyclic) bond motifs is 1. The molecular weight excluding hydrogens is 366 g/mol. The largest absolute Gasteiger partial charge is 0.460 e. The Balaban J connectivity index is 1.68. The molecule has 0 spiro atoms. The van der Waals surface area contributed by atoms with Crippen molar-refractivity contribution in [3.8, 4) is 0 Å². The zero-order chi connectivity index (χ0) is 16.6. The number of esters is 1. The van der Waals surface area contributed by atoms with E-state index < -0.39 is 18.2 Å². The molecule has 6 nitrogen and oxygen atoms in total. The van der Waals surface area contributed by atoms with Crippen molar-refractivity contribution in [2.24, 2.45) is 5.92 Å². The summed E-state index contributed by atoms with van der Waals surface area (Å²) in [6.45, 7) is 1.31. The molecule has 2 aliphatic heterocycles. The Hall–Kier alpha value is -1.60. The van der Waals surface area contributed by atoms with Gasteiger partial charge in [-0.2, -0.15) is 0 Å². The summed E-state index contributed by atoms with van der Waals surface area (Å²) in [6, 6.07) is 8.67. The van der Waals surface area contributed by atoms with Gasteiger partial charge in [-0.15, -0.1) is 0 Å². The van der Waals surface area contributed by atoms with Gasteiger partial charge in [-0.25, -0.2) is 4.79 Å². The Morgan fingerprint density at radius 3 is 2.61 bits per heavy atom. The third kappa shape index (κ3) is 2.83. The topological polar surface area (TPSA) is 76.1 Å². The maximum absolute atomic E-state index is 12.4. The molecule has 3 fully saturated rings. The van der Waals surface area contributed by atoms with Gasteiger partial charge in [-0.1, -0.05) is 46.3 Å². The monoisotopic (exact) mass is 383 g/mol. The van der Waals surface area contributed by atoms with E-state index in [1.807, 2.05) is 30.3 Å². The zero-order valence-corrected chi connectivity index (χ0v) is 14.2. The van der Waals surface area contributed by atoms with E-state index in [4.69, 9.17) is 9.47 Å². The molecule has 4 rings (SSSR count). The highest BCUT2D eigenvalue weighted by molar-refractivity contribution is 9.09. The molecule has 2 bridgehead atoms. The minimum absolute atomic E-state index is 0.00623. The third-order valence-electron chi connectivity index (χ3n) is 4.44. The fourth-order valence-electron chi connectivity index (χ4n) is 3.42. The highest BCUT2D eigenvalue weighted by Gasteiger charge is 2.67. The number of aliphatic hydroxyl groups is 1. The number of amides is 1. The Kier molecular flexibility index (Phi) is 4.59. The van der Waals surface area contributed by atoms with Crippen LogP contribution in [0, 0.1) is 5.92 Å². The van der Waals surface area contributed by atoms with Crippen LogP contribution >= 0.6 is 15.9 Å². The Morgan fingerprint density at radius 2 is 2.00 bits per heavy atom. The average molecular weight is 384 g/mol. The van der Waals surface area contributed by atoms with Crippen molar-refractivity contribution in [1.82, 2.24) is 4.90 Å². The van der Waals surface area contributed by atoms with Crippen LogP contribution in [0.2, 0.25) is 0 Å². The van der Waals surface area contributed by atoms with Gasteiger partial charge < -0.3 is 14.6 Å². The van der Waals surface area contributed by atoms with Crippen LogP contribution < -0.4 is 0 Å². The van der Waals surface area contributed by atoms with Crippen LogP contribution in [0.1, 0.15) is 12.5 Å². The lowest BCUT2D eigenvalue weighted by Crippen LogP contribution is -2.56. The van der Waals surface area contributed by atoms with Crippen LogP contribution in [0.5, 0.6) is 0 Å². The molecule has 2 heterocycles. The summed E-state index contributed by atoms with van der Waals surface area (Å²) in [5.74, 6) is -0.501. The molecular formula is C16H18BrNO5. The smallest absolute Gasteiger partial charge is 0.410 e. The highest BCUT2D eigenvalue weighted by Crippen LogP contribution is 2.51. The number of halogens is 1. The maximum Gasteiger partial charge on any atom is 0.410 e. The van der Waals surface area contributed by atoms with Gasteiger partial charge in [0.2, 0.25) is 0 Å². The molecule has 3 aliphatic rings.